The lowest BCUT2D eigenvalue weighted by molar-refractivity contribution is -0.137. The van der Waals surface area contributed by atoms with Crippen LogP contribution in [0.25, 0.3) is 11.1 Å². The molecule has 4 aromatic rings. The Hall–Kier alpha value is -3.59. The fourth-order valence-corrected chi connectivity index (χ4v) is 2.75. The largest absolute Gasteiger partial charge is 0.472 e. The summed E-state index contributed by atoms with van der Waals surface area (Å²) in [6.07, 6.45) is 1.73. The molecule has 3 aromatic heterocycles. The summed E-state index contributed by atoms with van der Waals surface area (Å²) in [5.41, 5.74) is 1.18. The molecule has 30 heavy (non-hydrogen) atoms. The highest BCUT2D eigenvalue weighted by Gasteiger charge is 2.30. The van der Waals surface area contributed by atoms with Gasteiger partial charge in [0.15, 0.2) is 5.82 Å². The quantitative estimate of drug-likeness (QED) is 0.386. The molecule has 0 bridgehead atoms. The molecule has 0 spiro atoms. The molecular weight excluding hydrogens is 419 g/mol. The van der Waals surface area contributed by atoms with E-state index in [-0.39, 0.29) is 22.5 Å². The zero-order chi connectivity index (χ0) is 21.1. The normalized spacial score (nSPS) is 11.3. The number of nitrogens with zero attached hydrogens (tertiary/aromatic N) is 3. The van der Waals surface area contributed by atoms with Crippen molar-refractivity contribution in [3.05, 3.63) is 78.0 Å². The van der Waals surface area contributed by atoms with Crippen LogP contribution in [0.2, 0.25) is 5.02 Å². The van der Waals surface area contributed by atoms with Crippen molar-refractivity contribution in [3.8, 4) is 11.1 Å². The molecule has 0 saturated carbocycles. The van der Waals surface area contributed by atoms with Gasteiger partial charge in [0.1, 0.15) is 10.8 Å². The van der Waals surface area contributed by atoms with E-state index < -0.39 is 11.7 Å². The van der Waals surface area contributed by atoms with E-state index in [9.17, 15) is 13.2 Å². The van der Waals surface area contributed by atoms with Crippen LogP contribution in [0, 0.1) is 0 Å². The first kappa shape index (κ1) is 19.7. The van der Waals surface area contributed by atoms with Gasteiger partial charge < -0.3 is 15.1 Å². The number of hydrogen-bond donors (Lipinski definition) is 2. The Bertz CT molecular complexity index is 1150. The predicted octanol–water partition coefficient (Wildman–Crippen LogP) is 6.29. The number of benzene rings is 1. The molecule has 0 aliphatic rings. The van der Waals surface area contributed by atoms with Crippen LogP contribution in [0.3, 0.4) is 0 Å². The summed E-state index contributed by atoms with van der Waals surface area (Å²) < 4.78 is 43.8. The second kappa shape index (κ2) is 8.03. The van der Waals surface area contributed by atoms with Crippen molar-refractivity contribution in [2.75, 3.05) is 10.6 Å². The Morgan fingerprint density at radius 1 is 0.933 bits per heavy atom. The van der Waals surface area contributed by atoms with Gasteiger partial charge in [-0.1, -0.05) is 17.7 Å². The van der Waals surface area contributed by atoms with Gasteiger partial charge in [0.05, 0.1) is 24.3 Å². The minimum absolute atomic E-state index is 0.154. The molecule has 6 nitrogen and oxygen atoms in total. The Labute approximate surface area is 173 Å². The van der Waals surface area contributed by atoms with Gasteiger partial charge in [-0.3, -0.25) is 0 Å². The number of anilines is 4. The van der Waals surface area contributed by atoms with Crippen molar-refractivity contribution >= 4 is 34.9 Å². The van der Waals surface area contributed by atoms with E-state index in [0.717, 1.165) is 23.3 Å². The minimum Gasteiger partial charge on any atom is -0.472 e. The molecule has 0 amide bonds. The average molecular weight is 432 g/mol. The molecule has 0 saturated heterocycles. The van der Waals surface area contributed by atoms with Crippen LogP contribution in [0.4, 0.5) is 36.4 Å². The van der Waals surface area contributed by atoms with Gasteiger partial charge >= 0.3 is 6.18 Å². The SMILES string of the molecule is FC(F)(F)c1cccc(Nc2nc(Nc3ccc(-c4ccoc4)cn3)ncc2Cl)c1. The van der Waals surface area contributed by atoms with Crippen LogP contribution in [-0.4, -0.2) is 15.0 Å². The van der Waals surface area contributed by atoms with E-state index in [2.05, 4.69) is 25.6 Å². The number of hydrogen-bond acceptors (Lipinski definition) is 6. The third-order valence-corrected chi connectivity index (χ3v) is 4.33. The van der Waals surface area contributed by atoms with Crippen molar-refractivity contribution in [1.82, 2.24) is 15.0 Å². The van der Waals surface area contributed by atoms with Crippen molar-refractivity contribution in [1.29, 1.82) is 0 Å². The molecule has 0 fully saturated rings. The van der Waals surface area contributed by atoms with Crippen molar-refractivity contribution in [3.63, 3.8) is 0 Å². The number of halogens is 4. The number of aromatic nitrogens is 3. The second-order valence-electron chi connectivity index (χ2n) is 6.16. The Morgan fingerprint density at radius 2 is 1.80 bits per heavy atom. The fraction of sp³-hybridized carbons (Fsp3) is 0.0500. The summed E-state index contributed by atoms with van der Waals surface area (Å²) in [6.45, 7) is 0. The third kappa shape index (κ3) is 4.52. The summed E-state index contributed by atoms with van der Waals surface area (Å²) in [4.78, 5) is 12.6. The van der Waals surface area contributed by atoms with Crippen LogP contribution < -0.4 is 10.6 Å². The smallest absolute Gasteiger partial charge is 0.416 e. The highest BCUT2D eigenvalue weighted by atomic mass is 35.5. The van der Waals surface area contributed by atoms with Crippen molar-refractivity contribution in [2.24, 2.45) is 0 Å². The molecule has 0 atom stereocenters. The summed E-state index contributed by atoms with van der Waals surface area (Å²) >= 11 is 6.09. The van der Waals surface area contributed by atoms with Gasteiger partial charge in [-0.05, 0) is 36.4 Å². The number of furan rings is 1. The lowest BCUT2D eigenvalue weighted by Gasteiger charge is -2.12. The van der Waals surface area contributed by atoms with Crippen LogP contribution in [-0.2, 0) is 6.18 Å². The predicted molar refractivity (Wildman–Crippen MR) is 107 cm³/mol. The zero-order valence-electron chi connectivity index (χ0n) is 15.1. The first-order chi connectivity index (χ1) is 14.4. The summed E-state index contributed by atoms with van der Waals surface area (Å²) in [5, 5.41) is 5.87. The van der Waals surface area contributed by atoms with Gasteiger partial charge in [-0.25, -0.2) is 9.97 Å². The Balaban J connectivity index is 1.52. The zero-order valence-corrected chi connectivity index (χ0v) is 15.9. The molecule has 0 aliphatic heterocycles. The van der Waals surface area contributed by atoms with E-state index in [0.29, 0.717) is 5.82 Å². The van der Waals surface area contributed by atoms with E-state index in [1.165, 1.54) is 18.3 Å². The summed E-state index contributed by atoms with van der Waals surface area (Å²) in [7, 11) is 0. The Morgan fingerprint density at radius 3 is 2.50 bits per heavy atom. The fourth-order valence-electron chi connectivity index (χ4n) is 2.61. The van der Waals surface area contributed by atoms with E-state index >= 15 is 0 Å². The topological polar surface area (TPSA) is 75.9 Å². The standard InChI is InChI=1S/C20H13ClF3N5O/c21-16-10-26-19(28-17-5-4-12(9-25-17)13-6-7-30-11-13)29-18(16)27-15-3-1-2-14(8-15)20(22,23)24/h1-11H,(H2,25,26,27,28,29). The minimum atomic E-state index is -4.45. The molecular formula is C20H13ClF3N5O. The van der Waals surface area contributed by atoms with Gasteiger partial charge in [-0.15, -0.1) is 0 Å². The van der Waals surface area contributed by atoms with Crippen molar-refractivity contribution in [2.45, 2.75) is 6.18 Å². The van der Waals surface area contributed by atoms with Crippen LogP contribution in [0.1, 0.15) is 5.56 Å². The first-order valence-corrected chi connectivity index (χ1v) is 8.99. The van der Waals surface area contributed by atoms with Gasteiger partial charge in [0.2, 0.25) is 5.95 Å². The first-order valence-electron chi connectivity index (χ1n) is 8.61. The van der Waals surface area contributed by atoms with Gasteiger partial charge in [0, 0.05) is 23.0 Å². The molecule has 0 aliphatic carbocycles. The van der Waals surface area contributed by atoms with Gasteiger partial charge in [0.25, 0.3) is 0 Å². The molecule has 0 unspecified atom stereocenters. The van der Waals surface area contributed by atoms with E-state index in [4.69, 9.17) is 16.0 Å². The summed E-state index contributed by atoms with van der Waals surface area (Å²) in [6, 6.07) is 10.1. The van der Waals surface area contributed by atoms with Gasteiger partial charge in [-0.2, -0.15) is 18.2 Å². The molecule has 3 heterocycles. The maximum absolute atomic E-state index is 12.9. The molecule has 0 radical (unpaired) electrons. The number of alkyl halides is 3. The maximum atomic E-state index is 12.9. The lowest BCUT2D eigenvalue weighted by atomic mass is 10.1. The lowest BCUT2D eigenvalue weighted by Crippen LogP contribution is -2.06. The highest BCUT2D eigenvalue weighted by Crippen LogP contribution is 2.32. The molecule has 152 valence electrons. The second-order valence-corrected chi connectivity index (χ2v) is 6.57. The molecule has 1 aromatic carbocycles. The third-order valence-electron chi connectivity index (χ3n) is 4.05. The van der Waals surface area contributed by atoms with Crippen LogP contribution >= 0.6 is 11.6 Å². The molecule has 4 rings (SSSR count). The van der Waals surface area contributed by atoms with E-state index in [1.54, 1.807) is 24.8 Å². The van der Waals surface area contributed by atoms with Crippen LogP contribution in [0.15, 0.2) is 71.8 Å². The Kier molecular flexibility index (Phi) is 5.28. The highest BCUT2D eigenvalue weighted by molar-refractivity contribution is 6.32. The number of nitrogens with one attached hydrogen (secondary N) is 2. The monoisotopic (exact) mass is 431 g/mol. The molecule has 10 heteroatoms. The maximum Gasteiger partial charge on any atom is 0.416 e. The van der Waals surface area contributed by atoms with E-state index in [1.807, 2.05) is 12.1 Å². The summed E-state index contributed by atoms with van der Waals surface area (Å²) in [5.74, 6) is 0.815. The molecule has 2 N–H and O–H groups in total. The number of pyridine rings is 1. The average Bonchev–Trinajstić information content (AvgIpc) is 3.26. The number of rotatable bonds is 5. The van der Waals surface area contributed by atoms with Crippen molar-refractivity contribution < 1.29 is 17.6 Å². The van der Waals surface area contributed by atoms with Crippen LogP contribution in [0.5, 0.6) is 0 Å².